The zero-order valence-corrected chi connectivity index (χ0v) is 25.5. The molecule has 2 saturated heterocycles. The van der Waals surface area contributed by atoms with Crippen molar-refractivity contribution >= 4 is 15.6 Å². The molecule has 2 rings (SSSR count). The van der Waals surface area contributed by atoms with Crippen LogP contribution in [-0.4, -0.2) is 101 Å². The number of ether oxygens (including phenoxy) is 2. The van der Waals surface area contributed by atoms with Crippen molar-refractivity contribution in [3.05, 3.63) is 0 Å². The molecule has 15 nitrogen and oxygen atoms in total. The van der Waals surface area contributed by atoms with Crippen LogP contribution in [0.15, 0.2) is 0 Å². The molecule has 0 aromatic carbocycles. The number of hydrogen-bond acceptors (Lipinski definition) is 15. The van der Waals surface area contributed by atoms with E-state index < -0.39 is 65.5 Å². The maximum atomic E-state index is 11.3. The van der Waals surface area contributed by atoms with Crippen molar-refractivity contribution in [2.24, 2.45) is 0 Å². The number of phosphoric acid groups is 2. The Morgan fingerprint density at radius 3 is 2.10 bits per heavy atom. The van der Waals surface area contributed by atoms with Crippen LogP contribution < -0.4 is 103 Å². The molecule has 31 heavy (non-hydrogen) atoms. The first-order chi connectivity index (χ1) is 12.8. The summed E-state index contributed by atoms with van der Waals surface area (Å²) >= 11 is 0. The van der Waals surface area contributed by atoms with Crippen LogP contribution in [0.3, 0.4) is 0 Å². The minimum Gasteiger partial charge on any atom is -0.790 e. The summed E-state index contributed by atoms with van der Waals surface area (Å²) in [5.74, 6) is 0. The van der Waals surface area contributed by atoms with Crippen molar-refractivity contribution in [3.8, 4) is 0 Å². The van der Waals surface area contributed by atoms with Crippen LogP contribution in [0.1, 0.15) is 0 Å². The van der Waals surface area contributed by atoms with Gasteiger partial charge in [-0.1, -0.05) is 0 Å². The van der Waals surface area contributed by atoms with Gasteiger partial charge >= 0.3 is 88.7 Å². The van der Waals surface area contributed by atoms with E-state index in [-0.39, 0.29) is 95.2 Å². The Hall–Kier alpha value is 2.94. The van der Waals surface area contributed by atoms with Crippen molar-refractivity contribution in [3.63, 3.8) is 0 Å². The molecular weight excluding hydrogens is 499 g/mol. The Balaban J connectivity index is 0. The van der Waals surface area contributed by atoms with Crippen LogP contribution in [-0.2, 0) is 27.4 Å². The third kappa shape index (κ3) is 9.73. The number of hydrogen-bond donors (Lipinski definition) is 4. The molecule has 0 saturated carbocycles. The zero-order chi connectivity index (χ0) is 21.4. The fourth-order valence-electron chi connectivity index (χ4n) is 2.93. The Bertz CT molecular complexity index is 648. The number of rotatable bonds is 7. The van der Waals surface area contributed by atoms with Crippen molar-refractivity contribution < 1.29 is 151 Å². The molecule has 4 N–H and O–H groups in total. The molecule has 2 aliphatic rings. The molecule has 20 heteroatoms. The summed E-state index contributed by atoms with van der Waals surface area (Å²) < 4.78 is 39.5. The first-order valence-corrected chi connectivity index (χ1v) is 10.8. The summed E-state index contributed by atoms with van der Waals surface area (Å²) in [6.45, 7) is -0.881. The molecule has 0 aromatic heterocycles. The standard InChI is InChI=1S/C11H24N2O13P2.3Na/c1-12-3-5(23-2)9(16)13(11(12)17)10-8(15)7(14)6(25-10)4-24-28(21,22)26-27(18,19)20;;;/h5-11,14-17H,3-4H2,1-2H3,(H,21,22)(H2,18,19,20);;;/q;3*+1/p-3/t5?,6-,7-,8-,9?,10-,11?;;;/m1.../s1. The van der Waals surface area contributed by atoms with Gasteiger partial charge in [0.1, 0.15) is 36.9 Å². The van der Waals surface area contributed by atoms with Gasteiger partial charge in [0.15, 0.2) is 6.35 Å². The Kier molecular flexibility index (Phi) is 17.0. The average Bonchev–Trinajstić information content (AvgIpc) is 2.83. The number of nitrogens with zero attached hydrogens (tertiary/aromatic N) is 2. The van der Waals surface area contributed by atoms with E-state index in [1.165, 1.54) is 19.1 Å². The van der Waals surface area contributed by atoms with Crippen LogP contribution in [0, 0.1) is 0 Å². The van der Waals surface area contributed by atoms with Gasteiger partial charge in [0.2, 0.25) is 0 Å². The number of phosphoric ester groups is 1. The molecule has 4 unspecified atom stereocenters. The minimum atomic E-state index is -5.89. The molecule has 0 radical (unpaired) electrons. The van der Waals surface area contributed by atoms with E-state index in [2.05, 4.69) is 8.83 Å². The Morgan fingerprint density at radius 2 is 1.61 bits per heavy atom. The first-order valence-electron chi connectivity index (χ1n) is 7.84. The fourth-order valence-corrected chi connectivity index (χ4v) is 4.43. The normalized spacial score (nSPS) is 36.6. The third-order valence-corrected chi connectivity index (χ3v) is 6.36. The van der Waals surface area contributed by atoms with Crippen molar-refractivity contribution in [2.45, 2.75) is 43.2 Å². The van der Waals surface area contributed by atoms with Crippen LogP contribution in [0.5, 0.6) is 0 Å². The van der Waals surface area contributed by atoms with Gasteiger partial charge in [-0.05, 0) is 7.05 Å². The first kappa shape index (κ1) is 36.1. The van der Waals surface area contributed by atoms with E-state index in [9.17, 15) is 44.2 Å². The molecule has 0 spiro atoms. The van der Waals surface area contributed by atoms with Crippen LogP contribution in [0.4, 0.5) is 0 Å². The van der Waals surface area contributed by atoms with E-state index in [0.717, 1.165) is 4.90 Å². The summed E-state index contributed by atoms with van der Waals surface area (Å²) in [5, 5.41) is 40.9. The molecule has 0 aliphatic carbocycles. The zero-order valence-electron chi connectivity index (χ0n) is 17.7. The van der Waals surface area contributed by atoms with Gasteiger partial charge < -0.3 is 53.7 Å². The number of methoxy groups -OCH3 is 1. The van der Waals surface area contributed by atoms with E-state index in [1.807, 2.05) is 0 Å². The van der Waals surface area contributed by atoms with Gasteiger partial charge in [0.05, 0.1) is 14.4 Å². The van der Waals surface area contributed by atoms with Crippen LogP contribution >= 0.6 is 15.6 Å². The van der Waals surface area contributed by atoms with E-state index >= 15 is 0 Å². The van der Waals surface area contributed by atoms with Crippen molar-refractivity contribution in [1.29, 1.82) is 0 Å². The summed E-state index contributed by atoms with van der Waals surface area (Å²) in [6, 6.07) is 0. The molecule has 2 heterocycles. The summed E-state index contributed by atoms with van der Waals surface area (Å²) in [6.07, 6.45) is -10.2. The van der Waals surface area contributed by atoms with Crippen molar-refractivity contribution in [2.75, 3.05) is 27.3 Å². The smallest absolute Gasteiger partial charge is 0.790 e. The molecule has 2 aliphatic heterocycles. The second-order valence-electron chi connectivity index (χ2n) is 6.24. The minimum absolute atomic E-state index is 0. The van der Waals surface area contributed by atoms with Gasteiger partial charge in [-0.2, -0.15) is 0 Å². The van der Waals surface area contributed by atoms with Gasteiger partial charge in [0, 0.05) is 13.7 Å². The van der Waals surface area contributed by atoms with Gasteiger partial charge in [-0.15, -0.1) is 0 Å². The summed E-state index contributed by atoms with van der Waals surface area (Å²) in [4.78, 5) is 34.3. The molecule has 0 bridgehead atoms. The monoisotopic (exact) mass is 520 g/mol. The van der Waals surface area contributed by atoms with Gasteiger partial charge in [-0.3, -0.25) is 13.8 Å². The van der Waals surface area contributed by atoms with Crippen LogP contribution in [0.25, 0.3) is 0 Å². The van der Waals surface area contributed by atoms with Crippen molar-refractivity contribution in [1.82, 2.24) is 9.80 Å². The predicted octanol–water partition coefficient (Wildman–Crippen LogP) is -14.4. The summed E-state index contributed by atoms with van der Waals surface area (Å²) in [5.41, 5.74) is 0. The number of aliphatic hydroxyl groups excluding tert-OH is 4. The average molecular weight is 520 g/mol. The molecule has 0 amide bonds. The SMILES string of the molecule is COC1CN(C)C(O)N([C@@H]2O[C@H](COP(=O)([O-])OP(=O)([O-])[O-])[C@@H](O)[C@H]2O)C1O.[Na+].[Na+].[Na+]. The third-order valence-electron chi connectivity index (χ3n) is 4.30. The van der Waals surface area contributed by atoms with E-state index in [0.29, 0.717) is 0 Å². The Morgan fingerprint density at radius 1 is 1.06 bits per heavy atom. The predicted molar refractivity (Wildman–Crippen MR) is 80.2 cm³/mol. The van der Waals surface area contributed by atoms with E-state index in [1.54, 1.807) is 0 Å². The maximum absolute atomic E-state index is 11.3. The fraction of sp³-hybridized carbons (Fsp3) is 1.00. The van der Waals surface area contributed by atoms with Gasteiger partial charge in [-0.25, -0.2) is 4.90 Å². The molecule has 2 fully saturated rings. The quantitative estimate of drug-likeness (QED) is 0.180. The second kappa shape index (κ2) is 14.6. The maximum Gasteiger partial charge on any atom is 1.00 e. The van der Waals surface area contributed by atoms with Crippen LogP contribution in [0.2, 0.25) is 0 Å². The second-order valence-corrected chi connectivity index (χ2v) is 8.94. The largest absolute Gasteiger partial charge is 1.00 e. The molecule has 166 valence electrons. The summed E-state index contributed by atoms with van der Waals surface area (Å²) in [7, 11) is -8.66. The Labute approximate surface area is 244 Å². The molecule has 8 atom stereocenters. The molecule has 0 aromatic rings. The topological polar surface area (TPSA) is 228 Å². The van der Waals surface area contributed by atoms with E-state index in [4.69, 9.17) is 9.47 Å². The van der Waals surface area contributed by atoms with Gasteiger partial charge in [0.25, 0.3) is 7.82 Å². The number of aliphatic hydroxyl groups is 4. The number of likely N-dealkylation sites (N-methyl/N-ethyl adjacent to an activating group) is 1. The molecular formula is C11H21N2Na3O13P2.